The Morgan fingerprint density at radius 2 is 1.93 bits per heavy atom. The van der Waals surface area contributed by atoms with Crippen LogP contribution in [0.2, 0.25) is 0 Å². The normalized spacial score (nSPS) is 8.87. The van der Waals surface area contributed by atoms with E-state index in [0.29, 0.717) is 0 Å². The maximum Gasteiger partial charge on any atom is 0.159 e. The van der Waals surface area contributed by atoms with Crippen LogP contribution in [0.4, 0.5) is 5.69 Å². The van der Waals surface area contributed by atoms with Crippen molar-refractivity contribution in [3.8, 4) is 0 Å². The quantitative estimate of drug-likeness (QED) is 0.766. The van der Waals surface area contributed by atoms with E-state index < -0.39 is 0 Å². The number of Topliss-reactive ketones (excluding diaryl/α,β-unsaturated/α-hetero) is 1. The third kappa shape index (κ3) is 4.15. The van der Waals surface area contributed by atoms with Crippen molar-refractivity contribution in [1.29, 1.82) is 0 Å². The van der Waals surface area contributed by atoms with Crippen LogP contribution in [0.3, 0.4) is 0 Å². The second kappa shape index (κ2) is 7.04. The molecular weight excluding hydrogens is 186 g/mol. The molecule has 0 unspecified atom stereocenters. The van der Waals surface area contributed by atoms with Gasteiger partial charge in [-0.3, -0.25) is 4.79 Å². The van der Waals surface area contributed by atoms with Gasteiger partial charge in [-0.15, -0.1) is 0 Å². The first-order chi connectivity index (χ1) is 7.15. The Bertz CT molecular complexity index is 318. The minimum atomic E-state index is 0.117. The number of hydrogen-bond donors (Lipinski definition) is 1. The Labute approximate surface area is 92.7 Å². The molecule has 1 N–H and O–H groups in total. The van der Waals surface area contributed by atoms with E-state index in [1.54, 1.807) is 6.92 Å². The predicted molar refractivity (Wildman–Crippen MR) is 66.7 cm³/mol. The van der Waals surface area contributed by atoms with Crippen LogP contribution in [0.5, 0.6) is 0 Å². The van der Waals surface area contributed by atoms with Crippen LogP contribution < -0.4 is 5.32 Å². The van der Waals surface area contributed by atoms with Crippen molar-refractivity contribution in [3.05, 3.63) is 29.3 Å². The molecular formula is C13H21NO. The Morgan fingerprint density at radius 3 is 2.33 bits per heavy atom. The molecule has 0 saturated heterocycles. The summed E-state index contributed by atoms with van der Waals surface area (Å²) in [6.45, 7) is 10.5. The monoisotopic (exact) mass is 207 g/mol. The SMILES string of the molecule is CC.CCNc1ccc(C(C)=O)cc1C. The molecule has 0 radical (unpaired) electrons. The van der Waals surface area contributed by atoms with Crippen molar-refractivity contribution in [2.75, 3.05) is 11.9 Å². The zero-order chi connectivity index (χ0) is 11.8. The lowest BCUT2D eigenvalue weighted by Crippen LogP contribution is -2.00. The largest absolute Gasteiger partial charge is 0.385 e. The van der Waals surface area contributed by atoms with Crippen molar-refractivity contribution in [1.82, 2.24) is 0 Å². The zero-order valence-corrected chi connectivity index (χ0v) is 10.3. The van der Waals surface area contributed by atoms with E-state index in [-0.39, 0.29) is 5.78 Å². The van der Waals surface area contributed by atoms with E-state index in [9.17, 15) is 4.79 Å². The Morgan fingerprint density at radius 1 is 1.33 bits per heavy atom. The third-order valence-electron chi connectivity index (χ3n) is 2.00. The molecule has 1 aromatic carbocycles. The van der Waals surface area contributed by atoms with E-state index in [1.165, 1.54) is 0 Å². The van der Waals surface area contributed by atoms with E-state index in [0.717, 1.165) is 23.4 Å². The molecule has 84 valence electrons. The summed E-state index contributed by atoms with van der Waals surface area (Å²) in [5.41, 5.74) is 3.00. The van der Waals surface area contributed by atoms with Gasteiger partial charge in [-0.1, -0.05) is 13.8 Å². The molecule has 0 aliphatic heterocycles. The molecule has 1 aromatic rings. The average Bonchev–Trinajstić information content (AvgIpc) is 2.24. The molecule has 0 aliphatic rings. The summed E-state index contributed by atoms with van der Waals surface area (Å²) >= 11 is 0. The number of carbonyl (C=O) groups excluding carboxylic acids is 1. The van der Waals surface area contributed by atoms with E-state index in [4.69, 9.17) is 0 Å². The van der Waals surface area contributed by atoms with E-state index in [2.05, 4.69) is 12.2 Å². The summed E-state index contributed by atoms with van der Waals surface area (Å²) in [4.78, 5) is 11.0. The van der Waals surface area contributed by atoms with Gasteiger partial charge in [0.2, 0.25) is 0 Å². The number of nitrogens with one attached hydrogen (secondary N) is 1. The molecule has 15 heavy (non-hydrogen) atoms. The predicted octanol–water partition coefficient (Wildman–Crippen LogP) is 3.66. The Hall–Kier alpha value is -1.31. The second-order valence-electron chi connectivity index (χ2n) is 3.12. The van der Waals surface area contributed by atoms with Gasteiger partial charge in [-0.05, 0) is 44.5 Å². The molecule has 0 saturated carbocycles. The number of anilines is 1. The lowest BCUT2D eigenvalue weighted by Gasteiger charge is -2.07. The highest BCUT2D eigenvalue weighted by molar-refractivity contribution is 5.94. The van der Waals surface area contributed by atoms with Crippen molar-refractivity contribution in [2.45, 2.75) is 34.6 Å². The fourth-order valence-corrected chi connectivity index (χ4v) is 1.27. The Balaban J connectivity index is 0.000000921. The van der Waals surface area contributed by atoms with Gasteiger partial charge in [0, 0.05) is 17.8 Å². The maximum absolute atomic E-state index is 11.0. The lowest BCUT2D eigenvalue weighted by atomic mass is 10.1. The number of aryl methyl sites for hydroxylation is 1. The topological polar surface area (TPSA) is 29.1 Å². The second-order valence-corrected chi connectivity index (χ2v) is 3.12. The molecule has 0 amide bonds. The number of hydrogen-bond acceptors (Lipinski definition) is 2. The first kappa shape index (κ1) is 13.7. The highest BCUT2D eigenvalue weighted by Gasteiger charge is 2.01. The number of ketones is 1. The van der Waals surface area contributed by atoms with Gasteiger partial charge in [0.1, 0.15) is 0 Å². The number of benzene rings is 1. The van der Waals surface area contributed by atoms with Gasteiger partial charge in [0.05, 0.1) is 0 Å². The molecule has 0 atom stereocenters. The highest BCUT2D eigenvalue weighted by atomic mass is 16.1. The summed E-state index contributed by atoms with van der Waals surface area (Å²) in [5.74, 6) is 0.117. The van der Waals surface area contributed by atoms with Crippen LogP contribution in [-0.4, -0.2) is 12.3 Å². The number of carbonyl (C=O) groups is 1. The van der Waals surface area contributed by atoms with E-state index in [1.807, 2.05) is 39.0 Å². The van der Waals surface area contributed by atoms with Crippen LogP contribution in [0.15, 0.2) is 18.2 Å². The fourth-order valence-electron chi connectivity index (χ4n) is 1.27. The summed E-state index contributed by atoms with van der Waals surface area (Å²) in [7, 11) is 0. The van der Waals surface area contributed by atoms with Crippen LogP contribution in [0.1, 0.15) is 43.6 Å². The van der Waals surface area contributed by atoms with Crippen LogP contribution >= 0.6 is 0 Å². The van der Waals surface area contributed by atoms with Gasteiger partial charge >= 0.3 is 0 Å². The molecule has 2 heteroatoms. The van der Waals surface area contributed by atoms with Gasteiger partial charge in [-0.25, -0.2) is 0 Å². The molecule has 0 heterocycles. The smallest absolute Gasteiger partial charge is 0.159 e. The van der Waals surface area contributed by atoms with Crippen LogP contribution in [0, 0.1) is 6.92 Å². The third-order valence-corrected chi connectivity index (χ3v) is 2.00. The summed E-state index contributed by atoms with van der Waals surface area (Å²) < 4.78 is 0. The molecule has 0 fully saturated rings. The van der Waals surface area contributed by atoms with Crippen molar-refractivity contribution in [3.63, 3.8) is 0 Å². The maximum atomic E-state index is 11.0. The summed E-state index contributed by atoms with van der Waals surface area (Å²) in [6, 6.07) is 5.73. The molecule has 0 aromatic heterocycles. The molecule has 0 spiro atoms. The molecule has 0 bridgehead atoms. The standard InChI is InChI=1S/C11H15NO.C2H6/c1-4-12-11-6-5-10(9(3)13)7-8(11)2;1-2/h5-7,12H,4H2,1-3H3;1-2H3. The molecule has 1 rings (SSSR count). The first-order valence-corrected chi connectivity index (χ1v) is 5.50. The van der Waals surface area contributed by atoms with Gasteiger partial charge in [0.25, 0.3) is 0 Å². The van der Waals surface area contributed by atoms with Crippen molar-refractivity contribution < 1.29 is 4.79 Å². The first-order valence-electron chi connectivity index (χ1n) is 5.50. The minimum absolute atomic E-state index is 0.117. The summed E-state index contributed by atoms with van der Waals surface area (Å²) in [6.07, 6.45) is 0. The Kier molecular flexibility index (Phi) is 6.43. The fraction of sp³-hybridized carbons (Fsp3) is 0.462. The molecule has 0 aliphatic carbocycles. The van der Waals surface area contributed by atoms with Gasteiger partial charge < -0.3 is 5.32 Å². The number of rotatable bonds is 3. The van der Waals surface area contributed by atoms with Crippen molar-refractivity contribution >= 4 is 11.5 Å². The minimum Gasteiger partial charge on any atom is -0.385 e. The van der Waals surface area contributed by atoms with Crippen LogP contribution in [0.25, 0.3) is 0 Å². The van der Waals surface area contributed by atoms with E-state index >= 15 is 0 Å². The van der Waals surface area contributed by atoms with Crippen molar-refractivity contribution in [2.24, 2.45) is 0 Å². The van der Waals surface area contributed by atoms with Gasteiger partial charge in [-0.2, -0.15) is 0 Å². The average molecular weight is 207 g/mol. The van der Waals surface area contributed by atoms with Crippen LogP contribution in [-0.2, 0) is 0 Å². The van der Waals surface area contributed by atoms with Gasteiger partial charge in [0.15, 0.2) is 5.78 Å². The zero-order valence-electron chi connectivity index (χ0n) is 10.3. The summed E-state index contributed by atoms with van der Waals surface area (Å²) in [5, 5.41) is 3.23. The lowest BCUT2D eigenvalue weighted by molar-refractivity contribution is 0.101. The highest BCUT2D eigenvalue weighted by Crippen LogP contribution is 2.16. The molecule has 2 nitrogen and oxygen atoms in total.